The topological polar surface area (TPSA) is 58.6 Å². The molecule has 0 spiro atoms. The molecule has 1 fully saturated rings. The number of benzene rings is 2. The van der Waals surface area contributed by atoms with E-state index in [1.165, 1.54) is 0 Å². The largest absolute Gasteiger partial charge is 0.497 e. The minimum Gasteiger partial charge on any atom is -0.497 e. The maximum Gasteiger partial charge on any atom is 0.285 e. The number of hydrogen-bond donors (Lipinski definition) is 1. The van der Waals surface area contributed by atoms with E-state index < -0.39 is 0 Å². The lowest BCUT2D eigenvalue weighted by Gasteiger charge is -2.15. The maximum atomic E-state index is 12.5. The number of methoxy groups -OCH3 is 1. The van der Waals surface area contributed by atoms with Crippen molar-refractivity contribution in [2.45, 2.75) is 6.42 Å². The van der Waals surface area contributed by atoms with Crippen LogP contribution < -0.4 is 10.2 Å². The fourth-order valence-corrected chi connectivity index (χ4v) is 3.54. The van der Waals surface area contributed by atoms with Crippen molar-refractivity contribution >= 4 is 46.2 Å². The Morgan fingerprint density at radius 1 is 1.19 bits per heavy atom. The molecule has 1 saturated heterocycles. The highest BCUT2D eigenvalue weighted by molar-refractivity contribution is 8.26. The zero-order valence-corrected chi connectivity index (χ0v) is 15.6. The summed E-state index contributed by atoms with van der Waals surface area (Å²) in [6, 6.07) is 16.6. The third-order valence-corrected chi connectivity index (χ3v) is 4.95. The van der Waals surface area contributed by atoms with Crippen LogP contribution in [-0.4, -0.2) is 28.3 Å². The Bertz CT molecular complexity index is 864. The highest BCUT2D eigenvalue weighted by Crippen LogP contribution is 2.31. The van der Waals surface area contributed by atoms with Crippen LogP contribution in [0.3, 0.4) is 0 Å². The van der Waals surface area contributed by atoms with E-state index in [9.17, 15) is 9.59 Å². The Labute approximate surface area is 161 Å². The highest BCUT2D eigenvalue weighted by atomic mass is 32.2. The summed E-state index contributed by atoms with van der Waals surface area (Å²) in [6.45, 7) is 0. The predicted octanol–water partition coefficient (Wildman–Crippen LogP) is 3.17. The Morgan fingerprint density at radius 3 is 2.54 bits per heavy atom. The van der Waals surface area contributed by atoms with Crippen LogP contribution in [0, 0.1) is 0 Å². The van der Waals surface area contributed by atoms with E-state index in [-0.39, 0.29) is 18.2 Å². The fraction of sp³-hybridized carbons (Fsp3) is 0.105. The molecule has 0 radical (unpaired) electrons. The van der Waals surface area contributed by atoms with Crippen molar-refractivity contribution in [2.75, 3.05) is 7.11 Å². The number of hydrogen-bond acceptors (Lipinski definition) is 5. The Balaban J connectivity index is 1.68. The molecule has 1 aliphatic rings. The number of rotatable bonds is 5. The van der Waals surface area contributed by atoms with Crippen molar-refractivity contribution in [3.63, 3.8) is 0 Å². The van der Waals surface area contributed by atoms with Gasteiger partial charge in [-0.05, 0) is 41.6 Å². The van der Waals surface area contributed by atoms with Gasteiger partial charge in [-0.1, -0.05) is 54.2 Å². The molecular weight excluding hydrogens is 368 g/mol. The van der Waals surface area contributed by atoms with Crippen molar-refractivity contribution in [2.24, 2.45) is 0 Å². The van der Waals surface area contributed by atoms with Gasteiger partial charge in [-0.2, -0.15) is 5.01 Å². The first-order chi connectivity index (χ1) is 12.6. The monoisotopic (exact) mass is 384 g/mol. The van der Waals surface area contributed by atoms with Gasteiger partial charge < -0.3 is 4.74 Å². The second-order valence-corrected chi connectivity index (χ2v) is 7.16. The minimum atomic E-state index is -0.336. The Kier molecular flexibility index (Phi) is 5.70. The zero-order valence-electron chi connectivity index (χ0n) is 14.0. The molecule has 0 bridgehead atoms. The summed E-state index contributed by atoms with van der Waals surface area (Å²) in [5.74, 6) is 0.110. The average Bonchev–Trinajstić information content (AvgIpc) is 2.90. The summed E-state index contributed by atoms with van der Waals surface area (Å²) in [6.07, 6.45) is 1.91. The van der Waals surface area contributed by atoms with Gasteiger partial charge in [-0.3, -0.25) is 15.0 Å². The molecule has 7 heteroatoms. The van der Waals surface area contributed by atoms with Crippen molar-refractivity contribution in [1.82, 2.24) is 10.4 Å². The molecule has 1 N–H and O–H groups in total. The van der Waals surface area contributed by atoms with Gasteiger partial charge in [0.25, 0.3) is 5.91 Å². The van der Waals surface area contributed by atoms with Crippen LogP contribution in [0.15, 0.2) is 59.5 Å². The molecule has 0 aliphatic carbocycles. The second-order valence-electron chi connectivity index (χ2n) is 5.49. The minimum absolute atomic E-state index is 0.176. The standard InChI is InChI=1S/C19H16N2O3S2/c1-24-15-9-7-14(8-10-15)11-16-18(23)21(19(25)26-16)20-17(22)12-13-5-3-2-4-6-13/h2-11H,12H2,1H3,(H,20,22)/b16-11+. The van der Waals surface area contributed by atoms with Crippen LogP contribution in [0.5, 0.6) is 5.75 Å². The first-order valence-corrected chi connectivity index (χ1v) is 9.05. The van der Waals surface area contributed by atoms with Crippen LogP contribution in [0.4, 0.5) is 0 Å². The molecule has 0 atom stereocenters. The smallest absolute Gasteiger partial charge is 0.285 e. The quantitative estimate of drug-likeness (QED) is 0.634. The summed E-state index contributed by atoms with van der Waals surface area (Å²) in [7, 11) is 1.60. The highest BCUT2D eigenvalue weighted by Gasteiger charge is 2.33. The average molecular weight is 384 g/mol. The van der Waals surface area contributed by atoms with Crippen LogP contribution in [0.1, 0.15) is 11.1 Å². The lowest BCUT2D eigenvalue weighted by molar-refractivity contribution is -0.132. The van der Waals surface area contributed by atoms with E-state index in [0.717, 1.165) is 33.6 Å². The summed E-state index contributed by atoms with van der Waals surface area (Å²) >= 11 is 6.38. The summed E-state index contributed by atoms with van der Waals surface area (Å²) in [5, 5.41) is 1.13. The van der Waals surface area contributed by atoms with E-state index in [4.69, 9.17) is 17.0 Å². The maximum absolute atomic E-state index is 12.5. The lowest BCUT2D eigenvalue weighted by Crippen LogP contribution is -2.45. The molecule has 2 amide bonds. The second kappa shape index (κ2) is 8.16. The van der Waals surface area contributed by atoms with E-state index in [1.54, 1.807) is 13.2 Å². The fourth-order valence-electron chi connectivity index (χ4n) is 2.36. The molecule has 0 unspecified atom stereocenters. The molecule has 2 aromatic rings. The van der Waals surface area contributed by atoms with E-state index >= 15 is 0 Å². The summed E-state index contributed by atoms with van der Waals surface area (Å²) < 4.78 is 5.42. The lowest BCUT2D eigenvalue weighted by atomic mass is 10.1. The van der Waals surface area contributed by atoms with Crippen LogP contribution in [0.2, 0.25) is 0 Å². The van der Waals surface area contributed by atoms with Gasteiger partial charge in [0.15, 0.2) is 4.32 Å². The van der Waals surface area contributed by atoms with Crippen molar-refractivity contribution in [1.29, 1.82) is 0 Å². The van der Waals surface area contributed by atoms with Gasteiger partial charge in [-0.25, -0.2) is 0 Å². The van der Waals surface area contributed by atoms with Gasteiger partial charge in [0.05, 0.1) is 18.4 Å². The number of hydrazine groups is 1. The predicted molar refractivity (Wildman–Crippen MR) is 106 cm³/mol. The van der Waals surface area contributed by atoms with E-state index in [0.29, 0.717) is 9.23 Å². The van der Waals surface area contributed by atoms with Crippen molar-refractivity contribution in [3.05, 3.63) is 70.6 Å². The van der Waals surface area contributed by atoms with Gasteiger partial charge in [0.1, 0.15) is 5.75 Å². The number of amides is 2. The SMILES string of the molecule is COc1ccc(/C=C2/SC(=S)N(NC(=O)Cc3ccccc3)C2=O)cc1. The van der Waals surface area contributed by atoms with Gasteiger partial charge >= 0.3 is 0 Å². The number of thioether (sulfide) groups is 1. The first-order valence-electron chi connectivity index (χ1n) is 7.82. The molecule has 0 saturated carbocycles. The Morgan fingerprint density at radius 2 is 1.88 bits per heavy atom. The number of thiocarbonyl (C=S) groups is 1. The van der Waals surface area contributed by atoms with Crippen molar-refractivity contribution in [3.8, 4) is 5.75 Å². The molecule has 2 aromatic carbocycles. The zero-order chi connectivity index (χ0) is 18.5. The molecule has 1 heterocycles. The molecule has 5 nitrogen and oxygen atoms in total. The number of ether oxygens (including phenoxy) is 1. The molecular formula is C19H16N2O3S2. The molecule has 1 aliphatic heterocycles. The van der Waals surface area contributed by atoms with Crippen molar-refractivity contribution < 1.29 is 14.3 Å². The number of carbonyl (C=O) groups excluding carboxylic acids is 2. The first kappa shape index (κ1) is 18.2. The molecule has 3 rings (SSSR count). The number of carbonyl (C=O) groups is 2. The third kappa shape index (κ3) is 4.30. The molecule has 0 aromatic heterocycles. The third-order valence-electron chi connectivity index (χ3n) is 3.65. The Hall–Kier alpha value is -2.64. The molecule has 132 valence electrons. The summed E-state index contributed by atoms with van der Waals surface area (Å²) in [5.41, 5.74) is 4.30. The van der Waals surface area contributed by atoms with Crippen LogP contribution in [0.25, 0.3) is 6.08 Å². The van der Waals surface area contributed by atoms with Gasteiger partial charge in [0, 0.05) is 0 Å². The van der Waals surface area contributed by atoms with Gasteiger partial charge in [0.2, 0.25) is 5.91 Å². The van der Waals surface area contributed by atoms with Crippen LogP contribution in [-0.2, 0) is 16.0 Å². The number of nitrogens with zero attached hydrogens (tertiary/aromatic N) is 1. The van der Waals surface area contributed by atoms with Gasteiger partial charge in [-0.15, -0.1) is 0 Å². The molecule has 26 heavy (non-hydrogen) atoms. The summed E-state index contributed by atoms with van der Waals surface area (Å²) in [4.78, 5) is 25.2. The normalized spacial score (nSPS) is 15.4. The van der Waals surface area contributed by atoms with E-state index in [1.807, 2.05) is 54.6 Å². The van der Waals surface area contributed by atoms with Crippen LogP contribution >= 0.6 is 24.0 Å². The number of nitrogens with one attached hydrogen (secondary N) is 1. The van der Waals surface area contributed by atoms with E-state index in [2.05, 4.69) is 5.43 Å².